The average molecular weight is 415 g/mol. The number of hydrogen-bond donors (Lipinski definition) is 3. The third-order valence-electron chi connectivity index (χ3n) is 5.34. The number of carbonyl (C=O) groups is 2. The number of amides is 1. The molecule has 31 heavy (non-hydrogen) atoms. The predicted molar refractivity (Wildman–Crippen MR) is 121 cm³/mol. The molecular formula is C25H25N3O3. The Morgan fingerprint density at radius 3 is 2.65 bits per heavy atom. The van der Waals surface area contributed by atoms with Gasteiger partial charge in [0.2, 0.25) is 0 Å². The SMILES string of the molecule is CCc1cc(Nc2ccc(C)cc2C(=O)O)cnc1-c1cccc(C(=O)NC2CC2)c1. The van der Waals surface area contributed by atoms with E-state index >= 15 is 0 Å². The lowest BCUT2D eigenvalue weighted by molar-refractivity contribution is 0.0697. The summed E-state index contributed by atoms with van der Waals surface area (Å²) in [5, 5.41) is 15.7. The second-order valence-electron chi connectivity index (χ2n) is 7.89. The lowest BCUT2D eigenvalue weighted by Gasteiger charge is -2.14. The molecule has 1 aliphatic rings. The summed E-state index contributed by atoms with van der Waals surface area (Å²) < 4.78 is 0. The monoisotopic (exact) mass is 415 g/mol. The summed E-state index contributed by atoms with van der Waals surface area (Å²) in [5.41, 5.74) is 5.68. The summed E-state index contributed by atoms with van der Waals surface area (Å²) in [6.07, 6.45) is 4.53. The summed E-state index contributed by atoms with van der Waals surface area (Å²) in [6.45, 7) is 3.91. The fraction of sp³-hybridized carbons (Fsp3) is 0.240. The van der Waals surface area contributed by atoms with Gasteiger partial charge in [0.1, 0.15) is 0 Å². The van der Waals surface area contributed by atoms with Crippen molar-refractivity contribution in [2.45, 2.75) is 39.2 Å². The molecule has 0 radical (unpaired) electrons. The first-order valence-corrected chi connectivity index (χ1v) is 10.5. The van der Waals surface area contributed by atoms with Crippen LogP contribution in [0.2, 0.25) is 0 Å². The van der Waals surface area contributed by atoms with Crippen LogP contribution in [0.5, 0.6) is 0 Å². The fourth-order valence-corrected chi connectivity index (χ4v) is 3.51. The second kappa shape index (κ2) is 8.60. The number of nitrogens with one attached hydrogen (secondary N) is 2. The third-order valence-corrected chi connectivity index (χ3v) is 5.34. The van der Waals surface area contributed by atoms with Crippen molar-refractivity contribution in [3.8, 4) is 11.3 Å². The Morgan fingerprint density at radius 1 is 1.13 bits per heavy atom. The van der Waals surface area contributed by atoms with Crippen LogP contribution in [0.25, 0.3) is 11.3 Å². The number of anilines is 2. The minimum absolute atomic E-state index is 0.0544. The second-order valence-corrected chi connectivity index (χ2v) is 7.89. The van der Waals surface area contributed by atoms with E-state index in [2.05, 4.69) is 15.6 Å². The molecule has 158 valence electrons. The van der Waals surface area contributed by atoms with Crippen LogP contribution in [-0.4, -0.2) is 28.0 Å². The molecule has 1 aromatic heterocycles. The highest BCUT2D eigenvalue weighted by Gasteiger charge is 2.24. The highest BCUT2D eigenvalue weighted by Crippen LogP contribution is 2.28. The topological polar surface area (TPSA) is 91.3 Å². The van der Waals surface area contributed by atoms with E-state index in [1.54, 1.807) is 18.3 Å². The van der Waals surface area contributed by atoms with E-state index in [4.69, 9.17) is 0 Å². The molecule has 6 nitrogen and oxygen atoms in total. The van der Waals surface area contributed by atoms with Crippen molar-refractivity contribution in [1.82, 2.24) is 10.3 Å². The molecule has 2 aromatic carbocycles. The Kier molecular flexibility index (Phi) is 5.71. The van der Waals surface area contributed by atoms with Crippen LogP contribution in [0.1, 0.15) is 51.6 Å². The predicted octanol–water partition coefficient (Wildman–Crippen LogP) is 4.95. The van der Waals surface area contributed by atoms with E-state index in [0.29, 0.717) is 17.3 Å². The van der Waals surface area contributed by atoms with E-state index in [1.807, 2.05) is 50.2 Å². The van der Waals surface area contributed by atoms with E-state index < -0.39 is 5.97 Å². The van der Waals surface area contributed by atoms with Gasteiger partial charge in [0, 0.05) is 17.2 Å². The fourth-order valence-electron chi connectivity index (χ4n) is 3.51. The number of benzene rings is 2. The van der Waals surface area contributed by atoms with E-state index in [0.717, 1.165) is 47.3 Å². The Bertz CT molecular complexity index is 1150. The summed E-state index contributed by atoms with van der Waals surface area (Å²) in [4.78, 5) is 28.6. The van der Waals surface area contributed by atoms with Crippen LogP contribution < -0.4 is 10.6 Å². The molecule has 0 aliphatic heterocycles. The van der Waals surface area contributed by atoms with Crippen LogP contribution in [0.15, 0.2) is 54.7 Å². The zero-order valence-corrected chi connectivity index (χ0v) is 17.6. The number of pyridine rings is 1. The molecule has 1 amide bonds. The molecule has 0 atom stereocenters. The molecular weight excluding hydrogens is 390 g/mol. The molecule has 3 aromatic rings. The number of rotatable bonds is 7. The quantitative estimate of drug-likeness (QED) is 0.508. The van der Waals surface area contributed by atoms with Gasteiger partial charge in [0.05, 0.1) is 28.8 Å². The molecule has 1 heterocycles. The number of aromatic carboxylic acids is 1. The molecule has 6 heteroatoms. The van der Waals surface area contributed by atoms with Crippen LogP contribution in [0.3, 0.4) is 0 Å². The first-order valence-electron chi connectivity index (χ1n) is 10.5. The number of nitrogens with zero attached hydrogens (tertiary/aromatic N) is 1. The maximum Gasteiger partial charge on any atom is 0.337 e. The molecule has 0 spiro atoms. The van der Waals surface area contributed by atoms with E-state index in [9.17, 15) is 14.7 Å². The van der Waals surface area contributed by atoms with E-state index in [1.165, 1.54) is 0 Å². The van der Waals surface area contributed by atoms with Crippen LogP contribution in [-0.2, 0) is 6.42 Å². The number of carboxylic acid groups (broad SMARTS) is 1. The number of carboxylic acids is 1. The Labute approximate surface area is 181 Å². The Hall–Kier alpha value is -3.67. The van der Waals surface area contributed by atoms with Crippen molar-refractivity contribution in [2.75, 3.05) is 5.32 Å². The van der Waals surface area contributed by atoms with Gasteiger partial charge in [-0.15, -0.1) is 0 Å². The van der Waals surface area contributed by atoms with Gasteiger partial charge < -0.3 is 15.7 Å². The van der Waals surface area contributed by atoms with Crippen molar-refractivity contribution >= 4 is 23.3 Å². The lowest BCUT2D eigenvalue weighted by Crippen LogP contribution is -2.25. The molecule has 1 aliphatic carbocycles. The minimum Gasteiger partial charge on any atom is -0.478 e. The molecule has 3 N–H and O–H groups in total. The van der Waals surface area contributed by atoms with Gasteiger partial charge in [-0.25, -0.2) is 4.79 Å². The number of hydrogen-bond acceptors (Lipinski definition) is 4. The van der Waals surface area contributed by atoms with Crippen LogP contribution in [0.4, 0.5) is 11.4 Å². The highest BCUT2D eigenvalue weighted by molar-refractivity contribution is 5.96. The Morgan fingerprint density at radius 2 is 1.94 bits per heavy atom. The first-order chi connectivity index (χ1) is 14.9. The van der Waals surface area contributed by atoms with Gasteiger partial charge in [0.25, 0.3) is 5.91 Å². The molecule has 0 saturated heterocycles. The van der Waals surface area contributed by atoms with Gasteiger partial charge in [-0.3, -0.25) is 9.78 Å². The van der Waals surface area contributed by atoms with Crippen molar-refractivity contribution in [2.24, 2.45) is 0 Å². The minimum atomic E-state index is -0.979. The first kappa shape index (κ1) is 20.6. The summed E-state index contributed by atoms with van der Waals surface area (Å²) in [6, 6.07) is 15.1. The maximum absolute atomic E-state index is 12.4. The van der Waals surface area contributed by atoms with Crippen molar-refractivity contribution in [3.63, 3.8) is 0 Å². The van der Waals surface area contributed by atoms with Crippen LogP contribution in [0, 0.1) is 6.92 Å². The number of aryl methyl sites for hydroxylation is 2. The zero-order chi connectivity index (χ0) is 22.0. The van der Waals surface area contributed by atoms with Crippen molar-refractivity contribution < 1.29 is 14.7 Å². The molecule has 1 fully saturated rings. The summed E-state index contributed by atoms with van der Waals surface area (Å²) in [5.74, 6) is -1.03. The number of aromatic nitrogens is 1. The summed E-state index contributed by atoms with van der Waals surface area (Å²) in [7, 11) is 0. The van der Waals surface area contributed by atoms with E-state index in [-0.39, 0.29) is 11.5 Å². The third kappa shape index (κ3) is 4.74. The normalized spacial score (nSPS) is 13.0. The average Bonchev–Trinajstić information content (AvgIpc) is 3.58. The van der Waals surface area contributed by atoms with Gasteiger partial charge in [0.15, 0.2) is 0 Å². The largest absolute Gasteiger partial charge is 0.478 e. The highest BCUT2D eigenvalue weighted by atomic mass is 16.4. The standard InChI is InChI=1S/C25H25N3O3/c1-3-16-13-20(27-22-10-7-15(2)11-21(22)25(30)31)14-26-23(16)17-5-4-6-18(12-17)24(29)28-19-8-9-19/h4-7,10-14,19,27H,3,8-9H2,1-2H3,(H,28,29)(H,30,31). The van der Waals surface area contributed by atoms with Crippen molar-refractivity contribution in [3.05, 3.63) is 77.0 Å². The molecule has 4 rings (SSSR count). The molecule has 0 bridgehead atoms. The number of carbonyl (C=O) groups excluding carboxylic acids is 1. The van der Waals surface area contributed by atoms with Gasteiger partial charge in [-0.05, 0) is 62.1 Å². The van der Waals surface area contributed by atoms with Crippen molar-refractivity contribution in [1.29, 1.82) is 0 Å². The smallest absolute Gasteiger partial charge is 0.337 e. The zero-order valence-electron chi connectivity index (χ0n) is 17.6. The van der Waals surface area contributed by atoms with Gasteiger partial charge in [-0.2, -0.15) is 0 Å². The molecule has 0 unspecified atom stereocenters. The summed E-state index contributed by atoms with van der Waals surface area (Å²) >= 11 is 0. The van der Waals surface area contributed by atoms with Gasteiger partial charge >= 0.3 is 5.97 Å². The lowest BCUT2D eigenvalue weighted by atomic mass is 10.0. The Balaban J connectivity index is 1.62. The maximum atomic E-state index is 12.4. The molecule has 1 saturated carbocycles. The van der Waals surface area contributed by atoms with Gasteiger partial charge in [-0.1, -0.05) is 30.7 Å². The van der Waals surface area contributed by atoms with Crippen LogP contribution >= 0.6 is 0 Å².